The number of carbonyl (C=O) groups is 1. The molecule has 150 valence electrons. The van der Waals surface area contributed by atoms with E-state index in [9.17, 15) is 4.79 Å². The van der Waals surface area contributed by atoms with Gasteiger partial charge in [0.25, 0.3) is 5.91 Å². The molecule has 1 saturated carbocycles. The van der Waals surface area contributed by atoms with Gasteiger partial charge in [-0.3, -0.25) is 4.79 Å². The molecule has 0 bridgehead atoms. The molecule has 0 unspecified atom stereocenters. The molecule has 1 aromatic carbocycles. The monoisotopic (exact) mass is 385 g/mol. The van der Waals surface area contributed by atoms with Gasteiger partial charge in [0, 0.05) is 11.9 Å². The lowest BCUT2D eigenvalue weighted by Gasteiger charge is -2.30. The van der Waals surface area contributed by atoms with E-state index in [4.69, 9.17) is 16.6 Å². The number of nitrogens with one attached hydrogen (secondary N) is 2. The number of hydrogen-bond donors (Lipinski definition) is 5. The summed E-state index contributed by atoms with van der Waals surface area (Å²) >= 11 is 0. The summed E-state index contributed by atoms with van der Waals surface area (Å²) in [7, 11) is 0. The van der Waals surface area contributed by atoms with E-state index in [2.05, 4.69) is 25.6 Å². The van der Waals surface area contributed by atoms with Crippen molar-refractivity contribution < 1.29 is 9.90 Å². The summed E-state index contributed by atoms with van der Waals surface area (Å²) in [6.45, 7) is 1.99. The highest BCUT2D eigenvalue weighted by molar-refractivity contribution is 5.96. The maximum absolute atomic E-state index is 12.3. The number of aryl methyl sites for hydroxylation is 1. The van der Waals surface area contributed by atoms with Crippen molar-refractivity contribution >= 4 is 28.6 Å². The SMILES string of the molecule is Cc1ccc2nc(C(=O)NCCO)nc(N[C@H]3CCCC[C@H]3N=C(N)N)c2c1. The number of nitrogens with zero attached hydrogens (tertiary/aromatic N) is 3. The fourth-order valence-electron chi connectivity index (χ4n) is 3.50. The molecule has 0 spiro atoms. The Balaban J connectivity index is 1.98. The summed E-state index contributed by atoms with van der Waals surface area (Å²) in [6, 6.07) is 5.78. The first-order valence-corrected chi connectivity index (χ1v) is 9.50. The third kappa shape index (κ3) is 4.66. The largest absolute Gasteiger partial charge is 0.395 e. The predicted molar refractivity (Wildman–Crippen MR) is 109 cm³/mol. The molecule has 0 aliphatic heterocycles. The molecule has 1 aromatic heterocycles. The van der Waals surface area contributed by atoms with E-state index < -0.39 is 5.91 Å². The Labute approximate surface area is 163 Å². The molecule has 0 radical (unpaired) electrons. The van der Waals surface area contributed by atoms with Crippen LogP contribution >= 0.6 is 0 Å². The van der Waals surface area contributed by atoms with Crippen LogP contribution in [0.2, 0.25) is 0 Å². The maximum atomic E-state index is 12.3. The zero-order valence-electron chi connectivity index (χ0n) is 16.0. The van der Waals surface area contributed by atoms with Crippen molar-refractivity contribution in [3.05, 3.63) is 29.6 Å². The number of carbonyl (C=O) groups excluding carboxylic acids is 1. The Kier molecular flexibility index (Phi) is 6.25. The molecule has 1 heterocycles. The number of aliphatic imine (C=N–C) groups is 1. The Bertz CT molecular complexity index is 880. The van der Waals surface area contributed by atoms with Crippen molar-refractivity contribution in [1.29, 1.82) is 0 Å². The van der Waals surface area contributed by atoms with E-state index in [0.717, 1.165) is 36.6 Å². The van der Waals surface area contributed by atoms with Crippen LogP contribution in [0.5, 0.6) is 0 Å². The number of benzene rings is 1. The summed E-state index contributed by atoms with van der Waals surface area (Å²) < 4.78 is 0. The highest BCUT2D eigenvalue weighted by Crippen LogP contribution is 2.28. The Morgan fingerprint density at radius 3 is 2.82 bits per heavy atom. The fourth-order valence-corrected chi connectivity index (χ4v) is 3.50. The first-order chi connectivity index (χ1) is 13.5. The predicted octanol–water partition coefficient (Wildman–Crippen LogP) is 0.657. The standard InChI is InChI=1S/C19H27N7O2/c1-11-6-7-13-12(10-11)16(26-17(23-13)18(28)22-8-9-27)24-14-4-2-3-5-15(14)25-19(20)21/h6-7,10,14-15,27H,2-5,8-9H2,1H3,(H,22,28)(H4,20,21,25)(H,23,24,26)/t14-,15+/m0/s1. The van der Waals surface area contributed by atoms with Gasteiger partial charge in [0.1, 0.15) is 5.82 Å². The van der Waals surface area contributed by atoms with E-state index in [1.165, 1.54) is 0 Å². The molecule has 28 heavy (non-hydrogen) atoms. The molecule has 1 aliphatic rings. The molecule has 9 nitrogen and oxygen atoms in total. The number of fused-ring (bicyclic) bond motifs is 1. The number of anilines is 1. The van der Waals surface area contributed by atoms with Crippen LogP contribution in [0.1, 0.15) is 41.9 Å². The smallest absolute Gasteiger partial charge is 0.289 e. The minimum atomic E-state index is -0.427. The van der Waals surface area contributed by atoms with Crippen LogP contribution in [0, 0.1) is 6.92 Å². The molecular formula is C19H27N7O2. The minimum Gasteiger partial charge on any atom is -0.395 e. The Hall–Kier alpha value is -2.94. The van der Waals surface area contributed by atoms with Gasteiger partial charge in [-0.05, 0) is 31.9 Å². The molecule has 9 heteroatoms. The van der Waals surface area contributed by atoms with Crippen molar-refractivity contribution in [3.63, 3.8) is 0 Å². The van der Waals surface area contributed by atoms with Crippen molar-refractivity contribution in [3.8, 4) is 0 Å². The lowest BCUT2D eigenvalue weighted by Crippen LogP contribution is -2.38. The van der Waals surface area contributed by atoms with Crippen molar-refractivity contribution in [2.75, 3.05) is 18.5 Å². The zero-order chi connectivity index (χ0) is 20.1. The average Bonchev–Trinajstić information content (AvgIpc) is 2.67. The number of hydrogen-bond acceptors (Lipinski definition) is 6. The fraction of sp³-hybridized carbons (Fsp3) is 0.474. The van der Waals surface area contributed by atoms with Gasteiger partial charge in [0.05, 0.1) is 24.2 Å². The summed E-state index contributed by atoms with van der Waals surface area (Å²) in [4.78, 5) is 25.6. The maximum Gasteiger partial charge on any atom is 0.289 e. The number of amides is 1. The van der Waals surface area contributed by atoms with Gasteiger partial charge in [-0.15, -0.1) is 0 Å². The van der Waals surface area contributed by atoms with E-state index in [1.54, 1.807) is 0 Å². The molecule has 0 saturated heterocycles. The lowest BCUT2D eigenvalue weighted by atomic mass is 9.90. The van der Waals surface area contributed by atoms with Gasteiger partial charge in [0.15, 0.2) is 5.96 Å². The minimum absolute atomic E-state index is 0.0165. The second kappa shape index (κ2) is 8.83. The van der Waals surface area contributed by atoms with Crippen LogP contribution in [-0.4, -0.2) is 52.2 Å². The van der Waals surface area contributed by atoms with E-state index in [-0.39, 0.29) is 37.0 Å². The Morgan fingerprint density at radius 1 is 1.29 bits per heavy atom. The number of aliphatic hydroxyl groups is 1. The highest BCUT2D eigenvalue weighted by Gasteiger charge is 2.26. The Morgan fingerprint density at radius 2 is 2.07 bits per heavy atom. The number of nitrogens with two attached hydrogens (primary N) is 2. The van der Waals surface area contributed by atoms with Gasteiger partial charge in [-0.25, -0.2) is 15.0 Å². The van der Waals surface area contributed by atoms with Crippen LogP contribution in [0.3, 0.4) is 0 Å². The zero-order valence-corrected chi connectivity index (χ0v) is 16.0. The third-order valence-corrected chi connectivity index (χ3v) is 4.82. The normalized spacial score (nSPS) is 19.2. The van der Waals surface area contributed by atoms with Gasteiger partial charge < -0.3 is 27.2 Å². The van der Waals surface area contributed by atoms with Crippen LogP contribution < -0.4 is 22.1 Å². The van der Waals surface area contributed by atoms with Crippen molar-refractivity contribution in [2.24, 2.45) is 16.5 Å². The number of aromatic nitrogens is 2. The second-order valence-electron chi connectivity index (χ2n) is 7.05. The van der Waals surface area contributed by atoms with Crippen LogP contribution in [-0.2, 0) is 0 Å². The van der Waals surface area contributed by atoms with Gasteiger partial charge >= 0.3 is 0 Å². The second-order valence-corrected chi connectivity index (χ2v) is 7.05. The molecule has 3 rings (SSSR count). The van der Waals surface area contributed by atoms with Gasteiger partial charge in [-0.1, -0.05) is 24.5 Å². The molecule has 7 N–H and O–H groups in total. The molecule has 1 aliphatic carbocycles. The van der Waals surface area contributed by atoms with E-state index in [1.807, 2.05) is 25.1 Å². The molecule has 1 fully saturated rings. The average molecular weight is 385 g/mol. The van der Waals surface area contributed by atoms with Gasteiger partial charge in [-0.2, -0.15) is 0 Å². The summed E-state index contributed by atoms with van der Waals surface area (Å²) in [6.07, 6.45) is 3.93. The molecular weight excluding hydrogens is 358 g/mol. The van der Waals surface area contributed by atoms with Gasteiger partial charge in [0.2, 0.25) is 5.82 Å². The first-order valence-electron chi connectivity index (χ1n) is 9.50. The van der Waals surface area contributed by atoms with Crippen molar-refractivity contribution in [2.45, 2.75) is 44.7 Å². The lowest BCUT2D eigenvalue weighted by molar-refractivity contribution is 0.0935. The number of aliphatic hydroxyl groups excluding tert-OH is 1. The molecule has 2 aromatic rings. The van der Waals surface area contributed by atoms with Crippen LogP contribution in [0.25, 0.3) is 10.9 Å². The topological polar surface area (TPSA) is 152 Å². The molecule has 2 atom stereocenters. The van der Waals surface area contributed by atoms with Crippen molar-refractivity contribution in [1.82, 2.24) is 15.3 Å². The summed E-state index contributed by atoms with van der Waals surface area (Å²) in [5, 5.41) is 15.8. The summed E-state index contributed by atoms with van der Waals surface area (Å²) in [5.74, 6) is 0.294. The number of rotatable bonds is 6. The van der Waals surface area contributed by atoms with Crippen LogP contribution in [0.15, 0.2) is 23.2 Å². The number of guanidine groups is 1. The first kappa shape index (κ1) is 19.8. The third-order valence-electron chi connectivity index (χ3n) is 4.82. The summed E-state index contributed by atoms with van der Waals surface area (Å²) in [5.41, 5.74) is 12.9. The van der Waals surface area contributed by atoms with Crippen LogP contribution in [0.4, 0.5) is 5.82 Å². The quantitative estimate of drug-likeness (QED) is 0.362. The van der Waals surface area contributed by atoms with E-state index >= 15 is 0 Å². The van der Waals surface area contributed by atoms with E-state index in [0.29, 0.717) is 11.3 Å². The highest BCUT2D eigenvalue weighted by atomic mass is 16.3. The molecule has 1 amide bonds.